The first kappa shape index (κ1) is 22.0. The minimum atomic E-state index is 0.272. The molecule has 0 aliphatic rings. The molecule has 4 nitrogen and oxygen atoms in total. The Hall–Kier alpha value is -2.72. The zero-order valence-electron chi connectivity index (χ0n) is 18.1. The van der Waals surface area contributed by atoms with Gasteiger partial charge in [-0.3, -0.25) is 0 Å². The summed E-state index contributed by atoms with van der Waals surface area (Å²) in [4.78, 5) is 9.14. The first-order valence-electron chi connectivity index (χ1n) is 11.0. The lowest BCUT2D eigenvalue weighted by atomic mass is 10.0. The molecule has 1 atom stereocenters. The molecule has 3 rings (SSSR count). The van der Waals surface area contributed by atoms with Crippen molar-refractivity contribution < 1.29 is 9.84 Å². The van der Waals surface area contributed by atoms with Crippen LogP contribution < -0.4 is 0 Å². The number of hydrogen-bond donors (Lipinski definition) is 1. The average molecular weight is 405 g/mol. The lowest BCUT2D eigenvalue weighted by Gasteiger charge is -2.11. The summed E-state index contributed by atoms with van der Waals surface area (Å²) in [6.07, 6.45) is 13.2. The highest BCUT2D eigenvalue weighted by Gasteiger charge is 2.03. The van der Waals surface area contributed by atoms with Crippen molar-refractivity contribution in [3.05, 3.63) is 60.6 Å². The quantitative estimate of drug-likeness (QED) is 0.358. The normalized spacial score (nSPS) is 12.6. The first-order valence-corrected chi connectivity index (χ1v) is 11.0. The molecule has 0 bridgehead atoms. The molecular formula is C26H32N2O2. The second-order valence-corrected chi connectivity index (χ2v) is 7.77. The standard InChI is InChI=1S/C26H32N2O2/c1-3-4-8-17-30-20(2)9-6-5-7-10-26-27-19-23-18-22(13-16-25(23)28-26)21-11-14-24(29)15-12-21/h7,10-16,18-20,29H,3-6,8-9,17H2,1-2H3. The summed E-state index contributed by atoms with van der Waals surface area (Å²) in [5.74, 6) is 1.01. The molecule has 1 heterocycles. The molecule has 0 fully saturated rings. The summed E-state index contributed by atoms with van der Waals surface area (Å²) in [6, 6.07) is 13.4. The first-order chi connectivity index (χ1) is 14.7. The van der Waals surface area contributed by atoms with Crippen LogP contribution in [0.1, 0.15) is 58.2 Å². The molecule has 1 unspecified atom stereocenters. The highest BCUT2D eigenvalue weighted by Crippen LogP contribution is 2.25. The van der Waals surface area contributed by atoms with E-state index in [0.717, 1.165) is 60.1 Å². The number of unbranched alkanes of at least 4 members (excludes halogenated alkanes) is 3. The Balaban J connectivity index is 1.50. The van der Waals surface area contributed by atoms with Gasteiger partial charge in [-0.15, -0.1) is 0 Å². The summed E-state index contributed by atoms with van der Waals surface area (Å²) in [5.41, 5.74) is 3.07. The Kier molecular flexibility index (Phi) is 8.40. The van der Waals surface area contributed by atoms with Crippen molar-refractivity contribution >= 4 is 17.0 Å². The van der Waals surface area contributed by atoms with E-state index in [1.165, 1.54) is 12.8 Å². The summed E-state index contributed by atoms with van der Waals surface area (Å²) >= 11 is 0. The number of hydrogen-bond acceptors (Lipinski definition) is 4. The third-order valence-electron chi connectivity index (χ3n) is 5.20. The van der Waals surface area contributed by atoms with Gasteiger partial charge in [0.05, 0.1) is 11.6 Å². The van der Waals surface area contributed by atoms with E-state index < -0.39 is 0 Å². The zero-order chi connectivity index (χ0) is 21.2. The van der Waals surface area contributed by atoms with E-state index in [0.29, 0.717) is 6.10 Å². The monoisotopic (exact) mass is 404 g/mol. The summed E-state index contributed by atoms with van der Waals surface area (Å²) < 4.78 is 5.84. The Morgan fingerprint density at radius 1 is 1.03 bits per heavy atom. The van der Waals surface area contributed by atoms with Crippen LogP contribution >= 0.6 is 0 Å². The zero-order valence-corrected chi connectivity index (χ0v) is 18.1. The minimum absolute atomic E-state index is 0.272. The van der Waals surface area contributed by atoms with Crippen LogP contribution in [0.5, 0.6) is 5.75 Å². The summed E-state index contributed by atoms with van der Waals surface area (Å²) in [7, 11) is 0. The maximum absolute atomic E-state index is 9.46. The van der Waals surface area contributed by atoms with Crippen molar-refractivity contribution in [2.45, 2.75) is 58.5 Å². The molecule has 30 heavy (non-hydrogen) atoms. The number of phenolic OH excluding ortho intramolecular Hbond substituents is 1. The van der Waals surface area contributed by atoms with Crippen LogP contribution in [0.25, 0.3) is 28.1 Å². The average Bonchev–Trinajstić information content (AvgIpc) is 2.76. The molecule has 1 N–H and O–H groups in total. The predicted octanol–water partition coefficient (Wildman–Crippen LogP) is 6.78. The Morgan fingerprint density at radius 2 is 1.83 bits per heavy atom. The molecule has 0 aliphatic carbocycles. The van der Waals surface area contributed by atoms with Crippen molar-refractivity contribution in [2.75, 3.05) is 6.61 Å². The van der Waals surface area contributed by atoms with Gasteiger partial charge in [0, 0.05) is 18.2 Å². The van der Waals surface area contributed by atoms with E-state index in [9.17, 15) is 5.11 Å². The van der Waals surface area contributed by atoms with Crippen molar-refractivity contribution in [3.8, 4) is 16.9 Å². The van der Waals surface area contributed by atoms with Crippen LogP contribution in [0, 0.1) is 0 Å². The largest absolute Gasteiger partial charge is 0.508 e. The maximum Gasteiger partial charge on any atom is 0.152 e. The van der Waals surface area contributed by atoms with Crippen LogP contribution in [0.3, 0.4) is 0 Å². The topological polar surface area (TPSA) is 55.2 Å². The Bertz CT molecular complexity index is 951. The number of phenols is 1. The van der Waals surface area contributed by atoms with Gasteiger partial charge < -0.3 is 9.84 Å². The maximum atomic E-state index is 9.46. The highest BCUT2D eigenvalue weighted by atomic mass is 16.5. The molecule has 0 radical (unpaired) electrons. The number of fused-ring (bicyclic) bond motifs is 1. The Morgan fingerprint density at radius 3 is 2.63 bits per heavy atom. The molecule has 0 spiro atoms. The second-order valence-electron chi connectivity index (χ2n) is 7.77. The Labute approximate surface area is 179 Å². The van der Waals surface area contributed by atoms with Gasteiger partial charge in [-0.05, 0) is 74.1 Å². The van der Waals surface area contributed by atoms with E-state index in [-0.39, 0.29) is 5.75 Å². The third-order valence-corrected chi connectivity index (χ3v) is 5.20. The van der Waals surface area contributed by atoms with E-state index in [1.54, 1.807) is 12.1 Å². The van der Waals surface area contributed by atoms with E-state index in [1.807, 2.05) is 30.5 Å². The number of ether oxygens (including phenoxy) is 1. The van der Waals surface area contributed by atoms with Crippen LogP contribution in [0.15, 0.2) is 54.7 Å². The van der Waals surface area contributed by atoms with Crippen LogP contribution in [0.4, 0.5) is 0 Å². The van der Waals surface area contributed by atoms with Crippen molar-refractivity contribution in [1.29, 1.82) is 0 Å². The van der Waals surface area contributed by atoms with Gasteiger partial charge in [-0.25, -0.2) is 9.97 Å². The van der Waals surface area contributed by atoms with E-state index in [4.69, 9.17) is 4.74 Å². The molecule has 1 aromatic heterocycles. The fraction of sp³-hybridized carbons (Fsp3) is 0.385. The minimum Gasteiger partial charge on any atom is -0.508 e. The molecule has 0 saturated carbocycles. The molecule has 0 amide bonds. The number of allylic oxidation sites excluding steroid dienone is 1. The summed E-state index contributed by atoms with van der Waals surface area (Å²) in [6.45, 7) is 5.25. The predicted molar refractivity (Wildman–Crippen MR) is 124 cm³/mol. The molecule has 3 aromatic rings. The number of aromatic hydroxyl groups is 1. The molecular weight excluding hydrogens is 372 g/mol. The fourth-order valence-corrected chi connectivity index (χ4v) is 3.39. The van der Waals surface area contributed by atoms with Gasteiger partial charge in [-0.1, -0.05) is 44.0 Å². The number of nitrogens with zero attached hydrogens (tertiary/aromatic N) is 2. The summed E-state index contributed by atoms with van der Waals surface area (Å²) in [5, 5.41) is 10.5. The lowest BCUT2D eigenvalue weighted by molar-refractivity contribution is 0.0566. The lowest BCUT2D eigenvalue weighted by Crippen LogP contribution is -2.08. The smallest absolute Gasteiger partial charge is 0.152 e. The number of benzene rings is 2. The van der Waals surface area contributed by atoms with Crippen molar-refractivity contribution in [2.24, 2.45) is 0 Å². The van der Waals surface area contributed by atoms with Crippen molar-refractivity contribution in [3.63, 3.8) is 0 Å². The second kappa shape index (κ2) is 11.5. The van der Waals surface area contributed by atoms with Crippen molar-refractivity contribution in [1.82, 2.24) is 9.97 Å². The number of aromatic nitrogens is 2. The van der Waals surface area contributed by atoms with Gasteiger partial charge in [0.25, 0.3) is 0 Å². The molecule has 4 heteroatoms. The fourth-order valence-electron chi connectivity index (χ4n) is 3.39. The molecule has 0 aliphatic heterocycles. The van der Waals surface area contributed by atoms with Gasteiger partial charge >= 0.3 is 0 Å². The van der Waals surface area contributed by atoms with Gasteiger partial charge in [0.1, 0.15) is 5.75 Å². The number of rotatable bonds is 11. The SMILES string of the molecule is CCCCCOC(C)CCCC=Cc1ncc2cc(-c3ccc(O)cc3)ccc2n1. The third kappa shape index (κ3) is 6.67. The van der Waals surface area contributed by atoms with E-state index in [2.05, 4.69) is 42.0 Å². The van der Waals surface area contributed by atoms with Gasteiger partial charge in [-0.2, -0.15) is 0 Å². The molecule has 0 saturated heterocycles. The van der Waals surface area contributed by atoms with Gasteiger partial charge in [0.15, 0.2) is 5.82 Å². The van der Waals surface area contributed by atoms with Crippen LogP contribution in [-0.2, 0) is 4.74 Å². The van der Waals surface area contributed by atoms with Gasteiger partial charge in [0.2, 0.25) is 0 Å². The van der Waals surface area contributed by atoms with Crippen LogP contribution in [0.2, 0.25) is 0 Å². The molecule has 2 aromatic carbocycles. The molecule has 158 valence electrons. The van der Waals surface area contributed by atoms with Crippen LogP contribution in [-0.4, -0.2) is 27.8 Å². The van der Waals surface area contributed by atoms with E-state index >= 15 is 0 Å². The highest BCUT2D eigenvalue weighted by molar-refractivity contribution is 5.84.